The first-order chi connectivity index (χ1) is 13.0. The normalized spacial score (nSPS) is 12.9. The number of nitrogens with zero attached hydrogens (tertiary/aromatic N) is 2. The minimum absolute atomic E-state index is 0.222. The van der Waals surface area contributed by atoms with Crippen molar-refractivity contribution in [2.24, 2.45) is 11.8 Å². The molecule has 0 radical (unpaired) electrons. The van der Waals surface area contributed by atoms with E-state index in [1.807, 2.05) is 6.92 Å². The molecule has 158 valence electrons. The van der Waals surface area contributed by atoms with Gasteiger partial charge in [0.25, 0.3) is 0 Å². The second kappa shape index (κ2) is 16.8. The topological polar surface area (TPSA) is 48.9 Å². The summed E-state index contributed by atoms with van der Waals surface area (Å²) in [6, 6.07) is 0. The molecule has 0 saturated heterocycles. The number of imidazole rings is 1. The number of carboxylic acids is 1. The predicted octanol–water partition coefficient (Wildman–Crippen LogP) is 4.74. The zero-order chi connectivity index (χ0) is 20.5. The number of aromatic nitrogens is 2. The van der Waals surface area contributed by atoms with Crippen LogP contribution in [0.3, 0.4) is 0 Å². The molecule has 0 aliphatic carbocycles. The highest BCUT2D eigenvalue weighted by molar-refractivity contribution is 5.67. The molecule has 0 N–H and O–H groups in total. The maximum atomic E-state index is 10.3. The second-order valence-corrected chi connectivity index (χ2v) is 7.68. The molecule has 4 heteroatoms. The van der Waals surface area contributed by atoms with Crippen LogP contribution >= 0.6 is 0 Å². The molecule has 0 aliphatic heterocycles. The van der Waals surface area contributed by atoms with Gasteiger partial charge in [-0.15, -0.1) is 0 Å². The van der Waals surface area contributed by atoms with E-state index in [9.17, 15) is 9.90 Å². The van der Waals surface area contributed by atoms with Crippen LogP contribution < -0.4 is 9.67 Å². The number of carbonyl (C=O) groups is 1. The molecule has 0 aliphatic rings. The minimum atomic E-state index is -0.893. The van der Waals surface area contributed by atoms with E-state index in [0.717, 1.165) is 31.7 Å². The van der Waals surface area contributed by atoms with Gasteiger partial charge in [-0.05, 0) is 43.9 Å². The van der Waals surface area contributed by atoms with Crippen molar-refractivity contribution in [2.75, 3.05) is 0 Å². The van der Waals surface area contributed by atoms with Gasteiger partial charge < -0.3 is 9.90 Å². The SMILES string of the molecule is CCCCC(CC)C(=O)[O-].CCCCC(CC)C[n+]1ccn(CCCC)c1. The van der Waals surface area contributed by atoms with Crippen molar-refractivity contribution in [3.8, 4) is 0 Å². The zero-order valence-corrected chi connectivity index (χ0v) is 18.6. The van der Waals surface area contributed by atoms with Crippen molar-refractivity contribution in [1.29, 1.82) is 0 Å². The van der Waals surface area contributed by atoms with Crippen LogP contribution in [0.25, 0.3) is 0 Å². The summed E-state index contributed by atoms with van der Waals surface area (Å²) in [5, 5.41) is 10.3. The highest BCUT2D eigenvalue weighted by Gasteiger charge is 2.11. The van der Waals surface area contributed by atoms with Gasteiger partial charge >= 0.3 is 0 Å². The molecule has 1 heterocycles. The number of rotatable bonds is 14. The van der Waals surface area contributed by atoms with E-state index in [4.69, 9.17) is 0 Å². The summed E-state index contributed by atoms with van der Waals surface area (Å²) in [5.74, 6) is -0.266. The van der Waals surface area contributed by atoms with Crippen molar-refractivity contribution in [3.63, 3.8) is 0 Å². The Labute approximate surface area is 168 Å². The quantitative estimate of drug-likeness (QED) is 0.438. The van der Waals surface area contributed by atoms with Gasteiger partial charge in [-0.1, -0.05) is 66.7 Å². The number of hydrogen-bond donors (Lipinski definition) is 0. The molecule has 0 saturated carbocycles. The average Bonchev–Trinajstić information content (AvgIpc) is 3.11. The van der Waals surface area contributed by atoms with Gasteiger partial charge in [0.15, 0.2) is 0 Å². The lowest BCUT2D eigenvalue weighted by Crippen LogP contribution is -2.35. The summed E-state index contributed by atoms with van der Waals surface area (Å²) in [4.78, 5) is 10.3. The third kappa shape index (κ3) is 12.6. The zero-order valence-electron chi connectivity index (χ0n) is 18.6. The fourth-order valence-electron chi connectivity index (χ4n) is 3.17. The Kier molecular flexibility index (Phi) is 16.0. The molecule has 0 aromatic carbocycles. The van der Waals surface area contributed by atoms with Crippen LogP contribution in [-0.4, -0.2) is 10.5 Å². The summed E-state index contributed by atoms with van der Waals surface area (Å²) in [6.45, 7) is 13.1. The van der Waals surface area contributed by atoms with E-state index in [1.165, 1.54) is 45.1 Å². The molecule has 27 heavy (non-hydrogen) atoms. The standard InChI is InChI=1S/C15H29N2.C8H16O2/c1-4-7-9-15(6-3)13-17-12-11-16(14-17)10-8-5-2;1-3-5-6-7(4-2)8(9)10/h11-12,14-15H,4-10,13H2,1-3H3;7H,3-6H2,1-2H3,(H,9,10)/q+1;/p-1. The van der Waals surface area contributed by atoms with E-state index in [-0.39, 0.29) is 5.92 Å². The lowest BCUT2D eigenvalue weighted by molar-refractivity contribution is -0.703. The highest BCUT2D eigenvalue weighted by atomic mass is 16.4. The Morgan fingerprint density at radius 3 is 2.11 bits per heavy atom. The molecule has 2 atom stereocenters. The number of carboxylic acid groups (broad SMARTS) is 1. The number of unbranched alkanes of at least 4 members (excludes halogenated alkanes) is 3. The fraction of sp³-hybridized carbons (Fsp3) is 0.826. The molecular weight excluding hydrogens is 336 g/mol. The van der Waals surface area contributed by atoms with Crippen LogP contribution in [-0.2, 0) is 17.9 Å². The van der Waals surface area contributed by atoms with Crippen LogP contribution in [0.1, 0.15) is 98.8 Å². The molecule has 1 aromatic rings. The van der Waals surface area contributed by atoms with Gasteiger partial charge in [0.2, 0.25) is 6.33 Å². The van der Waals surface area contributed by atoms with Gasteiger partial charge in [-0.25, -0.2) is 9.13 Å². The second-order valence-electron chi connectivity index (χ2n) is 7.68. The van der Waals surface area contributed by atoms with Gasteiger partial charge in [0.05, 0.1) is 13.1 Å². The number of aliphatic carboxylic acids is 1. The largest absolute Gasteiger partial charge is 0.550 e. The third-order valence-corrected chi connectivity index (χ3v) is 5.26. The highest BCUT2D eigenvalue weighted by Crippen LogP contribution is 2.12. The Morgan fingerprint density at radius 2 is 1.59 bits per heavy atom. The van der Waals surface area contributed by atoms with Crippen molar-refractivity contribution >= 4 is 5.97 Å². The van der Waals surface area contributed by atoms with Crippen LogP contribution in [0.4, 0.5) is 0 Å². The fourth-order valence-corrected chi connectivity index (χ4v) is 3.17. The summed E-state index contributed by atoms with van der Waals surface area (Å²) >= 11 is 0. The molecule has 0 fully saturated rings. The van der Waals surface area contributed by atoms with E-state index in [0.29, 0.717) is 6.42 Å². The van der Waals surface area contributed by atoms with Crippen molar-refractivity contribution < 1.29 is 14.5 Å². The number of carbonyl (C=O) groups excluding carboxylic acids is 1. The molecule has 0 amide bonds. The van der Waals surface area contributed by atoms with Gasteiger partial charge in [-0.3, -0.25) is 0 Å². The molecule has 1 aromatic heterocycles. The van der Waals surface area contributed by atoms with E-state index >= 15 is 0 Å². The van der Waals surface area contributed by atoms with Crippen molar-refractivity contribution in [3.05, 3.63) is 18.7 Å². The molecule has 0 bridgehead atoms. The summed E-state index contributed by atoms with van der Waals surface area (Å²) in [7, 11) is 0. The summed E-state index contributed by atoms with van der Waals surface area (Å²) in [5.41, 5.74) is 0. The van der Waals surface area contributed by atoms with Crippen LogP contribution in [0.2, 0.25) is 0 Å². The van der Waals surface area contributed by atoms with Gasteiger partial charge in [0.1, 0.15) is 12.4 Å². The summed E-state index contributed by atoms with van der Waals surface area (Å²) in [6.07, 6.45) is 18.1. The maximum absolute atomic E-state index is 10.3. The predicted molar refractivity (Wildman–Crippen MR) is 111 cm³/mol. The Bertz CT molecular complexity index is 471. The molecule has 4 nitrogen and oxygen atoms in total. The van der Waals surface area contributed by atoms with Gasteiger partial charge in [-0.2, -0.15) is 0 Å². The molecule has 2 unspecified atom stereocenters. The third-order valence-electron chi connectivity index (χ3n) is 5.26. The molecular formula is C23H44N2O2. The van der Waals surface area contributed by atoms with Gasteiger partial charge in [0, 0.05) is 5.97 Å². The van der Waals surface area contributed by atoms with Crippen molar-refractivity contribution in [2.45, 2.75) is 112 Å². The monoisotopic (exact) mass is 380 g/mol. The Balaban J connectivity index is 0.000000580. The van der Waals surface area contributed by atoms with E-state index in [2.05, 4.69) is 55.6 Å². The number of hydrogen-bond acceptors (Lipinski definition) is 2. The number of aryl methyl sites for hydroxylation is 1. The van der Waals surface area contributed by atoms with Crippen LogP contribution in [0.15, 0.2) is 18.7 Å². The van der Waals surface area contributed by atoms with E-state index < -0.39 is 5.97 Å². The average molecular weight is 381 g/mol. The van der Waals surface area contributed by atoms with Crippen molar-refractivity contribution in [1.82, 2.24) is 4.57 Å². The maximum Gasteiger partial charge on any atom is 0.243 e. The summed E-state index contributed by atoms with van der Waals surface area (Å²) < 4.78 is 4.68. The molecule has 0 spiro atoms. The molecule has 1 rings (SSSR count). The smallest absolute Gasteiger partial charge is 0.243 e. The first-order valence-corrected chi connectivity index (χ1v) is 11.3. The lowest BCUT2D eigenvalue weighted by Gasteiger charge is -2.14. The van der Waals surface area contributed by atoms with Crippen LogP contribution in [0.5, 0.6) is 0 Å². The first-order valence-electron chi connectivity index (χ1n) is 11.3. The Hall–Kier alpha value is -1.32. The van der Waals surface area contributed by atoms with Crippen LogP contribution in [0, 0.1) is 11.8 Å². The minimum Gasteiger partial charge on any atom is -0.550 e. The van der Waals surface area contributed by atoms with E-state index in [1.54, 1.807) is 0 Å². The first kappa shape index (κ1) is 25.7. The Morgan fingerprint density at radius 1 is 0.963 bits per heavy atom. The lowest BCUT2D eigenvalue weighted by atomic mass is 9.99.